The van der Waals surface area contributed by atoms with E-state index >= 15 is 0 Å². The molecule has 1 amide bonds. The molecule has 0 bridgehead atoms. The van der Waals surface area contributed by atoms with Crippen LogP contribution >= 0.6 is 0 Å². The summed E-state index contributed by atoms with van der Waals surface area (Å²) in [6.45, 7) is -1.96. The Morgan fingerprint density at radius 1 is 1.40 bits per heavy atom. The highest BCUT2D eigenvalue weighted by Gasteiger charge is 2.27. The summed E-state index contributed by atoms with van der Waals surface area (Å²) in [6.07, 6.45) is -2.98. The van der Waals surface area contributed by atoms with Crippen molar-refractivity contribution in [1.29, 1.82) is 0 Å². The molecule has 0 radical (unpaired) electrons. The van der Waals surface area contributed by atoms with Gasteiger partial charge in [-0.25, -0.2) is 4.79 Å². The summed E-state index contributed by atoms with van der Waals surface area (Å²) in [5.41, 5.74) is -0.0477. The van der Waals surface area contributed by atoms with Gasteiger partial charge in [0.15, 0.2) is 0 Å². The number of amides is 1. The van der Waals surface area contributed by atoms with E-state index in [-0.39, 0.29) is 25.4 Å². The molecule has 9 heteroatoms. The van der Waals surface area contributed by atoms with Gasteiger partial charge in [-0.05, 0) is 12.1 Å². The highest BCUT2D eigenvalue weighted by atomic mass is 19.4. The summed E-state index contributed by atoms with van der Waals surface area (Å²) in [7, 11) is 0. The molecule has 0 unspecified atom stereocenters. The Hall–Kier alpha value is -2.03. The number of aromatic nitrogens is 1. The number of rotatable bonds is 7. The van der Waals surface area contributed by atoms with E-state index in [1.165, 1.54) is 22.9 Å². The smallest absolute Gasteiger partial charge is 0.411 e. The van der Waals surface area contributed by atoms with Crippen molar-refractivity contribution in [3.8, 4) is 0 Å². The lowest BCUT2D eigenvalue weighted by molar-refractivity contribution is -0.173. The number of ether oxygens (including phenoxy) is 1. The van der Waals surface area contributed by atoms with E-state index in [9.17, 15) is 22.8 Å². The molecule has 0 aliphatic heterocycles. The predicted molar refractivity (Wildman–Crippen MR) is 61.3 cm³/mol. The maximum absolute atomic E-state index is 11.7. The van der Waals surface area contributed by atoms with Crippen LogP contribution < -0.4 is 5.32 Å². The van der Waals surface area contributed by atoms with Crippen LogP contribution in [0.15, 0.2) is 18.3 Å². The second-order valence-corrected chi connectivity index (χ2v) is 3.84. The van der Waals surface area contributed by atoms with Crippen LogP contribution in [-0.4, -0.2) is 47.5 Å². The average molecular weight is 294 g/mol. The SMILES string of the molecule is O=C(Cn1cccc1C(=O)O)NCCOCC(F)(F)F. The van der Waals surface area contributed by atoms with Crippen LogP contribution in [0.1, 0.15) is 10.5 Å². The molecule has 0 saturated carbocycles. The molecule has 0 spiro atoms. The van der Waals surface area contributed by atoms with Crippen molar-refractivity contribution in [2.45, 2.75) is 12.7 Å². The third-order valence-electron chi connectivity index (χ3n) is 2.20. The van der Waals surface area contributed by atoms with Gasteiger partial charge in [-0.3, -0.25) is 4.79 Å². The second kappa shape index (κ2) is 6.94. The summed E-state index contributed by atoms with van der Waals surface area (Å²) < 4.78 is 40.7. The molecule has 1 aromatic heterocycles. The Labute approximate surface area is 112 Å². The third kappa shape index (κ3) is 5.74. The van der Waals surface area contributed by atoms with Crippen molar-refractivity contribution in [3.63, 3.8) is 0 Å². The zero-order chi connectivity index (χ0) is 15.2. The molecule has 20 heavy (non-hydrogen) atoms. The maximum atomic E-state index is 11.7. The average Bonchev–Trinajstić information content (AvgIpc) is 2.75. The monoisotopic (exact) mass is 294 g/mol. The number of nitrogens with one attached hydrogen (secondary N) is 1. The van der Waals surface area contributed by atoms with Crippen molar-refractivity contribution in [2.75, 3.05) is 19.8 Å². The molecule has 0 fully saturated rings. The first kappa shape index (κ1) is 16.0. The van der Waals surface area contributed by atoms with E-state index in [2.05, 4.69) is 10.1 Å². The van der Waals surface area contributed by atoms with Gasteiger partial charge in [0.2, 0.25) is 5.91 Å². The lowest BCUT2D eigenvalue weighted by Crippen LogP contribution is -2.32. The second-order valence-electron chi connectivity index (χ2n) is 3.84. The number of nitrogens with zero attached hydrogens (tertiary/aromatic N) is 1. The summed E-state index contributed by atoms with van der Waals surface area (Å²) in [5.74, 6) is -1.68. The Balaban J connectivity index is 2.27. The standard InChI is InChI=1S/C11H13F3N2O4/c12-11(13,14)7-20-5-3-15-9(17)6-16-4-1-2-8(16)10(18)19/h1-2,4H,3,5-7H2,(H,15,17)(H,18,19). The van der Waals surface area contributed by atoms with Gasteiger partial charge >= 0.3 is 12.1 Å². The van der Waals surface area contributed by atoms with Crippen LogP contribution in [0.4, 0.5) is 13.2 Å². The number of carboxylic acid groups (broad SMARTS) is 1. The molecule has 1 aromatic rings. The minimum Gasteiger partial charge on any atom is -0.477 e. The number of aromatic carboxylic acids is 1. The highest BCUT2D eigenvalue weighted by molar-refractivity contribution is 5.86. The highest BCUT2D eigenvalue weighted by Crippen LogP contribution is 2.13. The molecule has 0 aliphatic carbocycles. The quantitative estimate of drug-likeness (QED) is 0.732. The molecule has 0 atom stereocenters. The Kier molecular flexibility index (Phi) is 5.56. The minimum atomic E-state index is -4.40. The van der Waals surface area contributed by atoms with Crippen molar-refractivity contribution in [3.05, 3.63) is 24.0 Å². The lowest BCUT2D eigenvalue weighted by atomic mass is 10.4. The van der Waals surface area contributed by atoms with Gasteiger partial charge in [-0.15, -0.1) is 0 Å². The Morgan fingerprint density at radius 2 is 2.10 bits per heavy atom. The molecule has 0 saturated heterocycles. The fourth-order valence-corrected chi connectivity index (χ4v) is 1.41. The van der Waals surface area contributed by atoms with Crippen molar-refractivity contribution in [1.82, 2.24) is 9.88 Å². The summed E-state index contributed by atoms with van der Waals surface area (Å²) in [6, 6.07) is 2.81. The number of hydrogen-bond donors (Lipinski definition) is 2. The number of halogens is 3. The van der Waals surface area contributed by atoms with Gasteiger partial charge in [-0.1, -0.05) is 0 Å². The van der Waals surface area contributed by atoms with Crippen molar-refractivity contribution >= 4 is 11.9 Å². The lowest BCUT2D eigenvalue weighted by Gasteiger charge is -2.09. The van der Waals surface area contributed by atoms with Crippen LogP contribution in [0, 0.1) is 0 Å². The third-order valence-corrected chi connectivity index (χ3v) is 2.20. The fraction of sp³-hybridized carbons (Fsp3) is 0.455. The molecule has 2 N–H and O–H groups in total. The largest absolute Gasteiger partial charge is 0.477 e. The van der Waals surface area contributed by atoms with E-state index in [4.69, 9.17) is 5.11 Å². The normalized spacial score (nSPS) is 11.3. The van der Waals surface area contributed by atoms with Crippen LogP contribution in [0.25, 0.3) is 0 Å². The number of hydrogen-bond acceptors (Lipinski definition) is 3. The topological polar surface area (TPSA) is 80.6 Å². The molecule has 1 rings (SSSR count). The van der Waals surface area contributed by atoms with Gasteiger partial charge < -0.3 is 19.7 Å². The first-order valence-electron chi connectivity index (χ1n) is 5.59. The number of carboxylic acids is 1. The van der Waals surface area contributed by atoms with E-state index in [0.29, 0.717) is 0 Å². The molecular weight excluding hydrogens is 281 g/mol. The first-order chi connectivity index (χ1) is 9.29. The molecule has 112 valence electrons. The van der Waals surface area contributed by atoms with Gasteiger partial charge in [0.25, 0.3) is 0 Å². The number of alkyl halides is 3. The van der Waals surface area contributed by atoms with Crippen LogP contribution in [0.2, 0.25) is 0 Å². The molecule has 1 heterocycles. The van der Waals surface area contributed by atoms with E-state index < -0.39 is 24.7 Å². The summed E-state index contributed by atoms with van der Waals surface area (Å²) in [4.78, 5) is 22.2. The van der Waals surface area contributed by atoms with E-state index in [1.54, 1.807) is 0 Å². The zero-order valence-electron chi connectivity index (χ0n) is 10.3. The number of carbonyl (C=O) groups is 2. The summed E-state index contributed by atoms with van der Waals surface area (Å²) in [5, 5.41) is 11.1. The molecule has 0 aliphatic rings. The van der Waals surface area contributed by atoms with E-state index in [1.807, 2.05) is 0 Å². The van der Waals surface area contributed by atoms with Gasteiger partial charge in [0.05, 0.1) is 6.61 Å². The van der Waals surface area contributed by atoms with Gasteiger partial charge in [-0.2, -0.15) is 13.2 Å². The molecular formula is C11H13F3N2O4. The summed E-state index contributed by atoms with van der Waals surface area (Å²) >= 11 is 0. The van der Waals surface area contributed by atoms with Gasteiger partial charge in [0, 0.05) is 12.7 Å². The predicted octanol–water partition coefficient (Wildman–Crippen LogP) is 0.881. The van der Waals surface area contributed by atoms with Crippen LogP contribution in [0.5, 0.6) is 0 Å². The fourth-order valence-electron chi connectivity index (χ4n) is 1.41. The van der Waals surface area contributed by atoms with Crippen LogP contribution in [0.3, 0.4) is 0 Å². The Bertz CT molecular complexity index is 470. The van der Waals surface area contributed by atoms with Gasteiger partial charge in [0.1, 0.15) is 18.8 Å². The van der Waals surface area contributed by atoms with Crippen molar-refractivity contribution in [2.24, 2.45) is 0 Å². The van der Waals surface area contributed by atoms with Crippen molar-refractivity contribution < 1.29 is 32.6 Å². The number of carbonyl (C=O) groups excluding carboxylic acids is 1. The maximum Gasteiger partial charge on any atom is 0.411 e. The molecule has 6 nitrogen and oxygen atoms in total. The Morgan fingerprint density at radius 3 is 2.70 bits per heavy atom. The van der Waals surface area contributed by atoms with E-state index in [0.717, 1.165) is 0 Å². The minimum absolute atomic E-state index is 0.0477. The molecule has 0 aromatic carbocycles. The zero-order valence-corrected chi connectivity index (χ0v) is 10.3. The first-order valence-corrected chi connectivity index (χ1v) is 5.59. The van der Waals surface area contributed by atoms with Crippen LogP contribution in [-0.2, 0) is 16.1 Å².